The molecule has 0 aromatic heterocycles. The Balaban J connectivity index is 2.77. The Hall–Kier alpha value is -2.04. The summed E-state index contributed by atoms with van der Waals surface area (Å²) < 4.78 is 0. The number of likely N-dealkylation sites (N-methyl/N-ethyl adjacent to an activating group) is 1. The number of amides is 2. The maximum atomic E-state index is 12.3. The van der Waals surface area contributed by atoms with Crippen LogP contribution in [0, 0.1) is 6.92 Å². The van der Waals surface area contributed by atoms with Crippen LogP contribution in [0.4, 0.5) is 5.69 Å². The molecular weight excluding hydrogens is 254 g/mol. The van der Waals surface area contributed by atoms with Crippen LogP contribution in [0.25, 0.3) is 0 Å². The summed E-state index contributed by atoms with van der Waals surface area (Å²) in [4.78, 5) is 25.5. The second-order valence-corrected chi connectivity index (χ2v) is 6.05. The average Bonchev–Trinajstić information content (AvgIpc) is 2.28. The van der Waals surface area contributed by atoms with Gasteiger partial charge in [-0.15, -0.1) is 0 Å². The highest BCUT2D eigenvalue weighted by atomic mass is 16.2. The van der Waals surface area contributed by atoms with Crippen molar-refractivity contribution in [2.45, 2.75) is 33.2 Å². The van der Waals surface area contributed by atoms with Crippen molar-refractivity contribution in [2.24, 2.45) is 0 Å². The van der Waals surface area contributed by atoms with Crippen molar-refractivity contribution in [1.82, 2.24) is 10.2 Å². The lowest BCUT2D eigenvalue weighted by molar-refractivity contribution is -0.122. The van der Waals surface area contributed by atoms with E-state index in [0.717, 1.165) is 5.56 Å². The van der Waals surface area contributed by atoms with E-state index >= 15 is 0 Å². The van der Waals surface area contributed by atoms with E-state index in [9.17, 15) is 9.59 Å². The molecule has 0 radical (unpaired) electrons. The number of aryl methyl sites for hydroxylation is 1. The van der Waals surface area contributed by atoms with E-state index in [1.165, 1.54) is 4.90 Å². The maximum Gasteiger partial charge on any atom is 0.256 e. The molecule has 0 aliphatic carbocycles. The van der Waals surface area contributed by atoms with Gasteiger partial charge in [-0.1, -0.05) is 11.6 Å². The van der Waals surface area contributed by atoms with Gasteiger partial charge in [-0.25, -0.2) is 0 Å². The fourth-order valence-corrected chi connectivity index (χ4v) is 1.81. The molecular formula is C15H23N3O2. The smallest absolute Gasteiger partial charge is 0.256 e. The number of hydrogen-bond donors (Lipinski definition) is 2. The van der Waals surface area contributed by atoms with Gasteiger partial charge in [-0.2, -0.15) is 0 Å². The van der Waals surface area contributed by atoms with Crippen molar-refractivity contribution in [1.29, 1.82) is 0 Å². The lowest BCUT2D eigenvalue weighted by atomic mass is 10.1. The van der Waals surface area contributed by atoms with Crippen LogP contribution in [0.15, 0.2) is 18.2 Å². The summed E-state index contributed by atoms with van der Waals surface area (Å²) in [5, 5.41) is 2.82. The first-order valence-electron chi connectivity index (χ1n) is 6.53. The predicted octanol–water partition coefficient (Wildman–Crippen LogP) is 1.56. The van der Waals surface area contributed by atoms with Crippen LogP contribution in [0.1, 0.15) is 36.7 Å². The number of carbonyl (C=O) groups is 2. The molecule has 5 heteroatoms. The molecule has 0 spiro atoms. The van der Waals surface area contributed by atoms with Crippen LogP contribution in [0.3, 0.4) is 0 Å². The van der Waals surface area contributed by atoms with Crippen molar-refractivity contribution < 1.29 is 9.59 Å². The van der Waals surface area contributed by atoms with Gasteiger partial charge < -0.3 is 16.0 Å². The van der Waals surface area contributed by atoms with Crippen molar-refractivity contribution in [3.8, 4) is 0 Å². The Morgan fingerprint density at radius 2 is 1.90 bits per heavy atom. The van der Waals surface area contributed by atoms with Crippen LogP contribution >= 0.6 is 0 Å². The van der Waals surface area contributed by atoms with Crippen LogP contribution in [0.5, 0.6) is 0 Å². The zero-order chi connectivity index (χ0) is 15.5. The third-order valence-corrected chi connectivity index (χ3v) is 2.68. The third-order valence-electron chi connectivity index (χ3n) is 2.68. The minimum atomic E-state index is -0.316. The fourth-order valence-electron chi connectivity index (χ4n) is 1.81. The Labute approximate surface area is 120 Å². The van der Waals surface area contributed by atoms with Gasteiger partial charge in [0.1, 0.15) is 0 Å². The summed E-state index contributed by atoms with van der Waals surface area (Å²) in [5.41, 5.74) is 7.30. The predicted molar refractivity (Wildman–Crippen MR) is 80.4 cm³/mol. The second kappa shape index (κ2) is 5.94. The van der Waals surface area contributed by atoms with E-state index in [1.807, 2.05) is 33.8 Å². The quantitative estimate of drug-likeness (QED) is 0.823. The summed E-state index contributed by atoms with van der Waals surface area (Å²) in [6, 6.07) is 5.28. The molecule has 0 unspecified atom stereocenters. The molecule has 20 heavy (non-hydrogen) atoms. The molecule has 0 fully saturated rings. The van der Waals surface area contributed by atoms with Gasteiger partial charge >= 0.3 is 0 Å². The van der Waals surface area contributed by atoms with Gasteiger partial charge in [0.05, 0.1) is 12.1 Å². The Kier molecular flexibility index (Phi) is 4.76. The van der Waals surface area contributed by atoms with Gasteiger partial charge in [0.2, 0.25) is 5.91 Å². The van der Waals surface area contributed by atoms with E-state index in [0.29, 0.717) is 11.3 Å². The third kappa shape index (κ3) is 4.57. The molecule has 1 aromatic rings. The number of nitrogens with zero attached hydrogens (tertiary/aromatic N) is 1. The number of nitrogens with two attached hydrogens (primary N) is 1. The minimum absolute atomic E-state index is 0.00346. The molecule has 2 amide bonds. The highest BCUT2D eigenvalue weighted by molar-refractivity contribution is 6.00. The van der Waals surface area contributed by atoms with E-state index in [1.54, 1.807) is 19.2 Å². The highest BCUT2D eigenvalue weighted by Gasteiger charge is 2.20. The molecule has 0 saturated heterocycles. The standard InChI is InChI=1S/C15H23N3O2/c1-10-6-7-12(16)11(8-10)14(20)18(5)9-13(19)17-15(2,3)4/h6-8H,9,16H2,1-5H3,(H,17,19). The second-order valence-electron chi connectivity index (χ2n) is 6.05. The van der Waals surface area contributed by atoms with E-state index in [2.05, 4.69) is 5.32 Å². The average molecular weight is 277 g/mol. The zero-order valence-electron chi connectivity index (χ0n) is 12.8. The van der Waals surface area contributed by atoms with E-state index in [4.69, 9.17) is 5.73 Å². The number of anilines is 1. The minimum Gasteiger partial charge on any atom is -0.398 e. The number of rotatable bonds is 3. The molecule has 3 N–H and O–H groups in total. The lowest BCUT2D eigenvalue weighted by Crippen LogP contribution is -2.46. The summed E-state index contributed by atoms with van der Waals surface area (Å²) in [7, 11) is 1.59. The first kappa shape index (κ1) is 16.0. The Morgan fingerprint density at radius 1 is 1.30 bits per heavy atom. The maximum absolute atomic E-state index is 12.3. The monoisotopic (exact) mass is 277 g/mol. The Morgan fingerprint density at radius 3 is 2.45 bits per heavy atom. The molecule has 0 aliphatic rings. The summed E-state index contributed by atoms with van der Waals surface area (Å²) in [6.45, 7) is 7.58. The van der Waals surface area contributed by atoms with E-state index in [-0.39, 0.29) is 23.9 Å². The highest BCUT2D eigenvalue weighted by Crippen LogP contribution is 2.15. The van der Waals surface area contributed by atoms with Crippen molar-refractivity contribution >= 4 is 17.5 Å². The van der Waals surface area contributed by atoms with Gasteiger partial charge in [-0.3, -0.25) is 9.59 Å². The molecule has 1 aromatic carbocycles. The number of nitrogens with one attached hydrogen (secondary N) is 1. The van der Waals surface area contributed by atoms with Crippen molar-refractivity contribution in [2.75, 3.05) is 19.3 Å². The number of nitrogen functional groups attached to an aromatic ring is 1. The normalized spacial score (nSPS) is 11.1. The summed E-state index contributed by atoms with van der Waals surface area (Å²) >= 11 is 0. The van der Waals surface area contributed by atoms with Crippen LogP contribution in [-0.4, -0.2) is 35.8 Å². The van der Waals surface area contributed by atoms with Gasteiger partial charge in [0, 0.05) is 18.3 Å². The van der Waals surface area contributed by atoms with Gasteiger partial charge in [-0.05, 0) is 39.8 Å². The number of carbonyl (C=O) groups excluding carboxylic acids is 2. The first-order valence-corrected chi connectivity index (χ1v) is 6.53. The molecule has 5 nitrogen and oxygen atoms in total. The molecule has 0 aliphatic heterocycles. The molecule has 0 atom stereocenters. The fraction of sp³-hybridized carbons (Fsp3) is 0.467. The topological polar surface area (TPSA) is 75.4 Å². The Bertz CT molecular complexity index is 518. The van der Waals surface area contributed by atoms with Crippen molar-refractivity contribution in [3.63, 3.8) is 0 Å². The SMILES string of the molecule is Cc1ccc(N)c(C(=O)N(C)CC(=O)NC(C)(C)C)c1. The largest absolute Gasteiger partial charge is 0.398 e. The lowest BCUT2D eigenvalue weighted by Gasteiger charge is -2.23. The molecule has 0 bridgehead atoms. The molecule has 1 rings (SSSR count). The number of hydrogen-bond acceptors (Lipinski definition) is 3. The van der Waals surface area contributed by atoms with Crippen LogP contribution in [-0.2, 0) is 4.79 Å². The molecule has 110 valence electrons. The molecule has 0 heterocycles. The van der Waals surface area contributed by atoms with Gasteiger partial charge in [0.25, 0.3) is 5.91 Å². The van der Waals surface area contributed by atoms with Gasteiger partial charge in [0.15, 0.2) is 0 Å². The summed E-state index contributed by atoms with van der Waals surface area (Å²) in [5.74, 6) is -0.449. The first-order chi connectivity index (χ1) is 9.10. The molecule has 0 saturated carbocycles. The van der Waals surface area contributed by atoms with Crippen molar-refractivity contribution in [3.05, 3.63) is 29.3 Å². The zero-order valence-corrected chi connectivity index (χ0v) is 12.8. The van der Waals surface area contributed by atoms with E-state index < -0.39 is 0 Å². The number of benzene rings is 1. The van der Waals surface area contributed by atoms with Crippen LogP contribution in [0.2, 0.25) is 0 Å². The summed E-state index contributed by atoms with van der Waals surface area (Å²) in [6.07, 6.45) is 0. The van der Waals surface area contributed by atoms with Crippen LogP contribution < -0.4 is 11.1 Å².